The van der Waals surface area contributed by atoms with E-state index in [-0.39, 0.29) is 5.69 Å². The number of hydrogen-bond donors (Lipinski definition) is 2. The number of fused-ring (bicyclic) bond motifs is 3. The van der Waals surface area contributed by atoms with Crippen LogP contribution in [0.4, 0.5) is 5.95 Å². The maximum absolute atomic E-state index is 11.9. The van der Waals surface area contributed by atoms with Crippen LogP contribution in [-0.2, 0) is 12.8 Å². The summed E-state index contributed by atoms with van der Waals surface area (Å²) in [5.41, 5.74) is 2.81. The van der Waals surface area contributed by atoms with Crippen molar-refractivity contribution in [3.63, 3.8) is 0 Å². The van der Waals surface area contributed by atoms with Crippen molar-refractivity contribution in [2.45, 2.75) is 38.5 Å². The third kappa shape index (κ3) is 1.82. The predicted octanol–water partition coefficient (Wildman–Crippen LogP) is 1.12. The Kier molecular flexibility index (Phi) is 2.36. The molecular weight excluding hydrogens is 242 g/mol. The number of aromatic nitrogens is 4. The lowest BCUT2D eigenvalue weighted by Gasteiger charge is -2.17. The minimum Gasteiger partial charge on any atom is -0.355 e. The number of nitrogens with one attached hydrogen (secondary N) is 2. The smallest absolute Gasteiger partial charge is 0.350 e. The molecule has 6 nitrogen and oxygen atoms in total. The molecule has 0 aliphatic heterocycles. The summed E-state index contributed by atoms with van der Waals surface area (Å²) in [6, 6.07) is 0. The van der Waals surface area contributed by atoms with Crippen LogP contribution < -0.4 is 11.0 Å². The van der Waals surface area contributed by atoms with Crippen molar-refractivity contribution < 1.29 is 0 Å². The molecule has 0 bridgehead atoms. The Bertz CT molecular complexity index is 682. The molecule has 0 unspecified atom stereocenters. The molecule has 2 N–H and O–H groups in total. The van der Waals surface area contributed by atoms with Gasteiger partial charge in [0.05, 0.1) is 5.69 Å². The van der Waals surface area contributed by atoms with E-state index >= 15 is 0 Å². The van der Waals surface area contributed by atoms with Crippen molar-refractivity contribution in [3.8, 4) is 0 Å². The minimum atomic E-state index is -0.200. The molecule has 2 aliphatic carbocycles. The first kappa shape index (κ1) is 11.0. The van der Waals surface area contributed by atoms with Crippen LogP contribution in [0.25, 0.3) is 5.65 Å². The van der Waals surface area contributed by atoms with E-state index in [1.54, 1.807) is 4.40 Å². The molecule has 4 rings (SSSR count). The second-order valence-electron chi connectivity index (χ2n) is 5.58. The van der Waals surface area contributed by atoms with Gasteiger partial charge in [0.25, 0.3) is 0 Å². The first-order valence-corrected chi connectivity index (χ1v) is 7.05. The van der Waals surface area contributed by atoms with E-state index in [2.05, 4.69) is 20.5 Å². The van der Waals surface area contributed by atoms with Crippen LogP contribution >= 0.6 is 0 Å². The van der Waals surface area contributed by atoms with Gasteiger partial charge in [0.2, 0.25) is 5.95 Å². The van der Waals surface area contributed by atoms with Gasteiger partial charge in [-0.3, -0.25) is 0 Å². The zero-order chi connectivity index (χ0) is 12.8. The van der Waals surface area contributed by atoms with E-state index in [1.165, 1.54) is 19.3 Å². The van der Waals surface area contributed by atoms with Crippen LogP contribution in [0.1, 0.15) is 36.9 Å². The molecule has 100 valence electrons. The Balaban J connectivity index is 1.85. The molecule has 2 aromatic rings. The van der Waals surface area contributed by atoms with Crippen LogP contribution in [0, 0.1) is 5.92 Å². The van der Waals surface area contributed by atoms with Crippen molar-refractivity contribution >= 4 is 11.6 Å². The molecule has 1 saturated carbocycles. The lowest BCUT2D eigenvalue weighted by molar-refractivity contribution is 0.664. The van der Waals surface area contributed by atoms with Gasteiger partial charge in [0.1, 0.15) is 0 Å². The Labute approximate surface area is 110 Å². The van der Waals surface area contributed by atoms with Crippen LogP contribution in [0.5, 0.6) is 0 Å². The average Bonchev–Trinajstić information content (AvgIpc) is 3.18. The molecule has 0 spiro atoms. The number of aryl methyl sites for hydroxylation is 2. The standard InChI is InChI=1S/C13H17N5O/c19-13-17-16-11-9-3-1-2-4-10(9)15-12(18(11)13)14-7-8-5-6-8/h8H,1-7H2,(H,14,15)(H,17,19). The van der Waals surface area contributed by atoms with Gasteiger partial charge in [-0.05, 0) is 44.4 Å². The summed E-state index contributed by atoms with van der Waals surface area (Å²) in [5.74, 6) is 1.40. The SMILES string of the molecule is O=c1[nH]nc2c3c(nc(NCC4CC4)n12)CCCC3. The van der Waals surface area contributed by atoms with Gasteiger partial charge in [-0.15, -0.1) is 0 Å². The molecule has 0 radical (unpaired) electrons. The number of aromatic amines is 1. The highest BCUT2D eigenvalue weighted by Gasteiger charge is 2.23. The molecule has 2 aromatic heterocycles. The maximum Gasteiger partial charge on any atom is 0.350 e. The van der Waals surface area contributed by atoms with Crippen molar-refractivity contribution in [2.24, 2.45) is 5.92 Å². The van der Waals surface area contributed by atoms with Crippen LogP contribution in [0.15, 0.2) is 4.79 Å². The van der Waals surface area contributed by atoms with Crippen molar-refractivity contribution in [1.29, 1.82) is 0 Å². The predicted molar refractivity (Wildman–Crippen MR) is 71.5 cm³/mol. The van der Waals surface area contributed by atoms with E-state index in [0.29, 0.717) is 5.95 Å². The summed E-state index contributed by atoms with van der Waals surface area (Å²) < 4.78 is 1.59. The van der Waals surface area contributed by atoms with Crippen molar-refractivity contribution in [1.82, 2.24) is 19.6 Å². The van der Waals surface area contributed by atoms with Gasteiger partial charge in [-0.1, -0.05) is 0 Å². The average molecular weight is 259 g/mol. The molecule has 19 heavy (non-hydrogen) atoms. The Morgan fingerprint density at radius 3 is 3.00 bits per heavy atom. The molecular formula is C13H17N5O. The quantitative estimate of drug-likeness (QED) is 0.866. The van der Waals surface area contributed by atoms with E-state index < -0.39 is 0 Å². The molecule has 0 saturated heterocycles. The number of rotatable bonds is 3. The highest BCUT2D eigenvalue weighted by atomic mass is 16.1. The second-order valence-corrected chi connectivity index (χ2v) is 5.58. The van der Waals surface area contributed by atoms with Gasteiger partial charge < -0.3 is 5.32 Å². The summed E-state index contributed by atoms with van der Waals surface area (Å²) in [6.07, 6.45) is 6.85. The Hall–Kier alpha value is -1.85. The van der Waals surface area contributed by atoms with Gasteiger partial charge >= 0.3 is 5.69 Å². The molecule has 1 fully saturated rings. The van der Waals surface area contributed by atoms with Gasteiger partial charge in [-0.25, -0.2) is 19.3 Å². The fraction of sp³-hybridized carbons (Fsp3) is 0.615. The van der Waals surface area contributed by atoms with Crippen LogP contribution in [0.3, 0.4) is 0 Å². The highest BCUT2D eigenvalue weighted by molar-refractivity contribution is 5.54. The normalized spacial score (nSPS) is 18.5. The third-order valence-corrected chi connectivity index (χ3v) is 4.08. The van der Waals surface area contributed by atoms with Crippen molar-refractivity contribution in [3.05, 3.63) is 21.7 Å². The molecule has 0 amide bonds. The minimum absolute atomic E-state index is 0.200. The Morgan fingerprint density at radius 2 is 2.16 bits per heavy atom. The zero-order valence-corrected chi connectivity index (χ0v) is 10.8. The second kappa shape index (κ2) is 4.08. The zero-order valence-electron chi connectivity index (χ0n) is 10.8. The van der Waals surface area contributed by atoms with E-state index in [1.807, 2.05) is 0 Å². The fourth-order valence-corrected chi connectivity index (χ4v) is 2.80. The first-order valence-electron chi connectivity index (χ1n) is 7.05. The lowest BCUT2D eigenvalue weighted by atomic mass is 9.97. The van der Waals surface area contributed by atoms with Gasteiger partial charge in [-0.2, -0.15) is 5.10 Å². The molecule has 2 heterocycles. The van der Waals surface area contributed by atoms with E-state index in [9.17, 15) is 4.79 Å². The summed E-state index contributed by atoms with van der Waals surface area (Å²) in [4.78, 5) is 16.6. The number of anilines is 1. The number of H-pyrrole nitrogens is 1. The maximum atomic E-state index is 11.9. The third-order valence-electron chi connectivity index (χ3n) is 4.08. The molecule has 0 atom stereocenters. The van der Waals surface area contributed by atoms with Crippen LogP contribution in [-0.4, -0.2) is 26.1 Å². The summed E-state index contributed by atoms with van der Waals surface area (Å²) in [6.45, 7) is 0.901. The summed E-state index contributed by atoms with van der Waals surface area (Å²) in [7, 11) is 0. The number of nitrogens with zero attached hydrogens (tertiary/aromatic N) is 3. The van der Waals surface area contributed by atoms with Crippen LogP contribution in [0.2, 0.25) is 0 Å². The topological polar surface area (TPSA) is 75.1 Å². The summed E-state index contributed by atoms with van der Waals surface area (Å²) in [5, 5.41) is 10.0. The molecule has 6 heteroatoms. The fourth-order valence-electron chi connectivity index (χ4n) is 2.80. The first-order chi connectivity index (χ1) is 9.33. The van der Waals surface area contributed by atoms with E-state index in [4.69, 9.17) is 0 Å². The molecule has 2 aliphatic rings. The molecule has 0 aromatic carbocycles. The number of hydrogen-bond acceptors (Lipinski definition) is 4. The van der Waals surface area contributed by atoms with Crippen molar-refractivity contribution in [2.75, 3.05) is 11.9 Å². The largest absolute Gasteiger partial charge is 0.355 e. The highest BCUT2D eigenvalue weighted by Crippen LogP contribution is 2.29. The lowest BCUT2D eigenvalue weighted by Crippen LogP contribution is -2.20. The van der Waals surface area contributed by atoms with E-state index in [0.717, 1.165) is 48.6 Å². The van der Waals surface area contributed by atoms with Gasteiger partial charge in [0, 0.05) is 12.1 Å². The monoisotopic (exact) mass is 259 g/mol. The Morgan fingerprint density at radius 1 is 1.32 bits per heavy atom. The van der Waals surface area contributed by atoms with Gasteiger partial charge in [0.15, 0.2) is 5.65 Å². The summed E-state index contributed by atoms with van der Waals surface area (Å²) >= 11 is 0.